The number of hydrogen-bond donors (Lipinski definition) is 2. The Hall–Kier alpha value is -2.05. The first-order valence-electron chi connectivity index (χ1n) is 5.04. The molecule has 0 saturated carbocycles. The Morgan fingerprint density at radius 1 is 1.56 bits per heavy atom. The van der Waals surface area contributed by atoms with Crippen LogP contribution in [0.4, 0.5) is 0 Å². The van der Waals surface area contributed by atoms with Crippen LogP contribution in [0.25, 0.3) is 5.69 Å². The van der Waals surface area contributed by atoms with E-state index in [1.54, 1.807) is 35.3 Å². The van der Waals surface area contributed by atoms with Gasteiger partial charge >= 0.3 is 0 Å². The van der Waals surface area contributed by atoms with Crippen molar-refractivity contribution in [3.8, 4) is 11.4 Å². The second kappa shape index (κ2) is 5.07. The van der Waals surface area contributed by atoms with Crippen molar-refractivity contribution >= 4 is 17.5 Å². The number of rotatable bonds is 3. The number of nitrogens with zero attached hydrogens (tertiary/aromatic N) is 2. The quantitative estimate of drug-likeness (QED) is 0.496. The highest BCUT2D eigenvalue weighted by atomic mass is 35.5. The average molecular weight is 267 g/mol. The monoisotopic (exact) mass is 266 g/mol. The van der Waals surface area contributed by atoms with Gasteiger partial charge in [0.15, 0.2) is 0 Å². The molecule has 0 unspecified atom stereocenters. The van der Waals surface area contributed by atoms with Crippen LogP contribution in [0, 0.1) is 0 Å². The number of nitrogens with one attached hydrogen (secondary N) is 1. The third kappa shape index (κ3) is 2.29. The van der Waals surface area contributed by atoms with Gasteiger partial charge in [-0.3, -0.25) is 10.2 Å². The zero-order valence-corrected chi connectivity index (χ0v) is 10.3. The number of aromatic nitrogens is 2. The second-order valence-electron chi connectivity index (χ2n) is 3.46. The van der Waals surface area contributed by atoms with Crippen molar-refractivity contribution in [2.75, 3.05) is 7.11 Å². The van der Waals surface area contributed by atoms with Gasteiger partial charge in [-0.15, -0.1) is 0 Å². The molecule has 1 aromatic heterocycles. The van der Waals surface area contributed by atoms with Gasteiger partial charge in [0.25, 0.3) is 5.91 Å². The van der Waals surface area contributed by atoms with Gasteiger partial charge in [0.2, 0.25) is 0 Å². The van der Waals surface area contributed by atoms with Crippen molar-refractivity contribution < 1.29 is 9.53 Å². The van der Waals surface area contributed by atoms with Crippen LogP contribution in [0.3, 0.4) is 0 Å². The molecule has 0 atom stereocenters. The van der Waals surface area contributed by atoms with E-state index in [1.807, 2.05) is 0 Å². The van der Waals surface area contributed by atoms with Gasteiger partial charge in [-0.25, -0.2) is 10.8 Å². The summed E-state index contributed by atoms with van der Waals surface area (Å²) in [5.74, 6) is 5.21. The van der Waals surface area contributed by atoms with Crippen LogP contribution in [-0.4, -0.2) is 22.6 Å². The summed E-state index contributed by atoms with van der Waals surface area (Å²) >= 11 is 5.76. The molecule has 0 bridgehead atoms. The predicted octanol–water partition coefficient (Wildman–Crippen LogP) is 1.14. The van der Waals surface area contributed by atoms with E-state index >= 15 is 0 Å². The van der Waals surface area contributed by atoms with Crippen molar-refractivity contribution in [2.24, 2.45) is 5.84 Å². The van der Waals surface area contributed by atoms with E-state index in [1.165, 1.54) is 7.11 Å². The maximum atomic E-state index is 11.4. The highest BCUT2D eigenvalue weighted by molar-refractivity contribution is 6.29. The topological polar surface area (TPSA) is 82.2 Å². The molecule has 2 rings (SSSR count). The Labute approximate surface area is 108 Å². The van der Waals surface area contributed by atoms with Gasteiger partial charge in [0.05, 0.1) is 12.8 Å². The third-order valence-corrected chi connectivity index (χ3v) is 2.60. The number of nitrogen functional groups attached to an aromatic ring is 1. The van der Waals surface area contributed by atoms with Gasteiger partial charge in [-0.1, -0.05) is 11.6 Å². The Bertz CT molecular complexity index is 582. The van der Waals surface area contributed by atoms with Crippen molar-refractivity contribution in [3.63, 3.8) is 0 Å². The molecular weight excluding hydrogens is 256 g/mol. The molecule has 0 saturated heterocycles. The fourth-order valence-corrected chi connectivity index (χ4v) is 1.69. The number of imidazole rings is 1. The maximum absolute atomic E-state index is 11.4. The zero-order chi connectivity index (χ0) is 13.1. The predicted molar refractivity (Wildman–Crippen MR) is 66.8 cm³/mol. The van der Waals surface area contributed by atoms with Gasteiger partial charge in [0, 0.05) is 11.8 Å². The third-order valence-electron chi connectivity index (χ3n) is 2.40. The lowest BCUT2D eigenvalue weighted by molar-refractivity contribution is 0.0953. The SMILES string of the molecule is COc1cc(C(=O)NN)ccc1-n1cnc(Cl)c1. The van der Waals surface area contributed by atoms with E-state index in [0.717, 1.165) is 5.69 Å². The molecule has 7 heteroatoms. The van der Waals surface area contributed by atoms with Gasteiger partial charge < -0.3 is 9.30 Å². The van der Waals surface area contributed by atoms with E-state index in [-0.39, 0.29) is 5.91 Å². The van der Waals surface area contributed by atoms with Crippen LogP contribution in [0.5, 0.6) is 5.75 Å². The fourth-order valence-electron chi connectivity index (χ4n) is 1.55. The van der Waals surface area contributed by atoms with Gasteiger partial charge in [-0.2, -0.15) is 0 Å². The minimum atomic E-state index is -0.386. The number of ether oxygens (including phenoxy) is 1. The maximum Gasteiger partial charge on any atom is 0.265 e. The number of methoxy groups -OCH3 is 1. The molecule has 0 fully saturated rings. The number of halogens is 1. The van der Waals surface area contributed by atoms with Crippen LogP contribution in [0.15, 0.2) is 30.7 Å². The minimum Gasteiger partial charge on any atom is -0.495 e. The largest absolute Gasteiger partial charge is 0.495 e. The summed E-state index contributed by atoms with van der Waals surface area (Å²) in [4.78, 5) is 15.3. The second-order valence-corrected chi connectivity index (χ2v) is 3.85. The van der Waals surface area contributed by atoms with Crippen molar-refractivity contribution in [3.05, 3.63) is 41.4 Å². The summed E-state index contributed by atoms with van der Waals surface area (Å²) in [7, 11) is 1.52. The van der Waals surface area contributed by atoms with Crippen LogP contribution in [0.2, 0.25) is 5.15 Å². The Morgan fingerprint density at radius 2 is 2.33 bits per heavy atom. The molecule has 3 N–H and O–H groups in total. The molecular formula is C11H11ClN4O2. The van der Waals surface area contributed by atoms with Gasteiger partial charge in [0.1, 0.15) is 17.2 Å². The molecule has 1 amide bonds. The lowest BCUT2D eigenvalue weighted by atomic mass is 10.1. The van der Waals surface area contributed by atoms with Crippen LogP contribution in [0.1, 0.15) is 10.4 Å². The number of carbonyl (C=O) groups excluding carboxylic acids is 1. The normalized spacial score (nSPS) is 10.2. The first-order valence-corrected chi connectivity index (χ1v) is 5.42. The van der Waals surface area contributed by atoms with E-state index in [9.17, 15) is 4.79 Å². The molecule has 6 nitrogen and oxygen atoms in total. The molecule has 94 valence electrons. The lowest BCUT2D eigenvalue weighted by Crippen LogP contribution is -2.29. The van der Waals surface area contributed by atoms with E-state index in [0.29, 0.717) is 16.5 Å². The van der Waals surface area contributed by atoms with Crippen molar-refractivity contribution in [1.29, 1.82) is 0 Å². The molecule has 1 heterocycles. The summed E-state index contributed by atoms with van der Waals surface area (Å²) in [5, 5.41) is 0.376. The zero-order valence-electron chi connectivity index (χ0n) is 9.55. The van der Waals surface area contributed by atoms with Gasteiger partial charge in [-0.05, 0) is 18.2 Å². The standard InChI is InChI=1S/C11H11ClN4O2/c1-18-9-4-7(11(17)15-13)2-3-8(9)16-5-10(12)14-6-16/h2-6H,13H2,1H3,(H,15,17). The van der Waals surface area contributed by atoms with Crippen molar-refractivity contribution in [2.45, 2.75) is 0 Å². The summed E-state index contributed by atoms with van der Waals surface area (Å²) in [6.07, 6.45) is 3.20. The lowest BCUT2D eigenvalue weighted by Gasteiger charge is -2.10. The average Bonchev–Trinajstić information content (AvgIpc) is 2.83. The van der Waals surface area contributed by atoms with Crippen LogP contribution in [-0.2, 0) is 0 Å². The van der Waals surface area contributed by atoms with Crippen molar-refractivity contribution in [1.82, 2.24) is 15.0 Å². The van der Waals surface area contributed by atoms with E-state index in [4.69, 9.17) is 22.2 Å². The Kier molecular flexibility index (Phi) is 3.50. The first-order chi connectivity index (χ1) is 8.65. The number of benzene rings is 1. The number of hydrazine groups is 1. The summed E-state index contributed by atoms with van der Waals surface area (Å²) in [6.45, 7) is 0. The molecule has 0 spiro atoms. The number of amides is 1. The van der Waals surface area contributed by atoms with E-state index in [2.05, 4.69) is 10.4 Å². The Balaban J connectivity index is 2.46. The molecule has 0 radical (unpaired) electrons. The number of hydrogen-bond acceptors (Lipinski definition) is 4. The molecule has 0 aliphatic heterocycles. The minimum absolute atomic E-state index is 0.376. The van der Waals surface area contributed by atoms with E-state index < -0.39 is 0 Å². The fraction of sp³-hybridized carbons (Fsp3) is 0.0909. The molecule has 0 aliphatic carbocycles. The number of nitrogens with two attached hydrogens (primary N) is 1. The Morgan fingerprint density at radius 3 is 2.89 bits per heavy atom. The summed E-state index contributed by atoms with van der Waals surface area (Å²) in [6, 6.07) is 4.95. The number of carbonyl (C=O) groups is 1. The molecule has 18 heavy (non-hydrogen) atoms. The smallest absolute Gasteiger partial charge is 0.265 e. The summed E-state index contributed by atoms with van der Waals surface area (Å²) in [5.41, 5.74) is 3.20. The molecule has 2 aromatic rings. The molecule has 0 aliphatic rings. The van der Waals surface area contributed by atoms with Crippen LogP contribution >= 0.6 is 11.6 Å². The van der Waals surface area contributed by atoms with Crippen LogP contribution < -0.4 is 16.0 Å². The highest BCUT2D eigenvalue weighted by Crippen LogP contribution is 2.25. The highest BCUT2D eigenvalue weighted by Gasteiger charge is 2.10. The first kappa shape index (κ1) is 12.4. The molecule has 1 aromatic carbocycles. The summed E-state index contributed by atoms with van der Waals surface area (Å²) < 4.78 is 6.93.